The standard InChI is InChI=1S/C21H28N4O2/c1-16(2)25-18-9-5-4-8-17(18)22-19(25)14-24-12-13-27-21(15-24)10-6-7-11-23(3)20(21)26/h4-9,16H,10-15H2,1-3H3/t21-/m1/s1. The molecule has 0 saturated carbocycles. The Morgan fingerprint density at radius 2 is 2.07 bits per heavy atom. The minimum atomic E-state index is -0.769. The second kappa shape index (κ2) is 7.09. The summed E-state index contributed by atoms with van der Waals surface area (Å²) in [6.07, 6.45) is 4.76. The number of carbonyl (C=O) groups excluding carboxylic acids is 1. The summed E-state index contributed by atoms with van der Waals surface area (Å²) in [4.78, 5) is 21.9. The van der Waals surface area contributed by atoms with Crippen LogP contribution in [0.4, 0.5) is 0 Å². The van der Waals surface area contributed by atoms with Crippen molar-refractivity contribution in [2.75, 3.05) is 33.3 Å². The first-order valence-corrected chi connectivity index (χ1v) is 9.73. The Labute approximate surface area is 160 Å². The smallest absolute Gasteiger partial charge is 0.256 e. The van der Waals surface area contributed by atoms with Crippen LogP contribution in [0.3, 0.4) is 0 Å². The molecular formula is C21H28N4O2. The molecule has 0 aliphatic carbocycles. The zero-order valence-electron chi connectivity index (χ0n) is 16.4. The number of nitrogens with zero attached hydrogens (tertiary/aromatic N) is 4. The molecule has 1 fully saturated rings. The van der Waals surface area contributed by atoms with Gasteiger partial charge in [-0.25, -0.2) is 4.98 Å². The van der Waals surface area contributed by atoms with E-state index in [1.54, 1.807) is 4.90 Å². The number of para-hydroxylation sites is 2. The molecule has 2 aliphatic heterocycles. The number of imidazole rings is 1. The van der Waals surface area contributed by atoms with Gasteiger partial charge in [-0.15, -0.1) is 0 Å². The lowest BCUT2D eigenvalue weighted by Crippen LogP contribution is -2.59. The average Bonchev–Trinajstić information content (AvgIpc) is 2.96. The predicted molar refractivity (Wildman–Crippen MR) is 105 cm³/mol. The van der Waals surface area contributed by atoms with Crippen molar-refractivity contribution in [2.24, 2.45) is 0 Å². The Balaban J connectivity index is 1.62. The maximum absolute atomic E-state index is 12.9. The number of morpholine rings is 1. The number of rotatable bonds is 3. The summed E-state index contributed by atoms with van der Waals surface area (Å²) < 4.78 is 8.37. The summed E-state index contributed by atoms with van der Waals surface area (Å²) in [6.45, 7) is 7.71. The fourth-order valence-electron chi connectivity index (χ4n) is 4.25. The van der Waals surface area contributed by atoms with Gasteiger partial charge in [-0.05, 0) is 26.0 Å². The lowest BCUT2D eigenvalue weighted by Gasteiger charge is -2.42. The van der Waals surface area contributed by atoms with Crippen molar-refractivity contribution in [2.45, 2.75) is 38.5 Å². The minimum absolute atomic E-state index is 0.0783. The van der Waals surface area contributed by atoms with E-state index in [0.29, 0.717) is 32.2 Å². The number of hydrogen-bond donors (Lipinski definition) is 0. The molecule has 6 heteroatoms. The summed E-state index contributed by atoms with van der Waals surface area (Å²) in [7, 11) is 1.85. The molecule has 1 aromatic carbocycles. The first kappa shape index (κ1) is 18.2. The molecule has 0 radical (unpaired) electrons. The molecule has 1 atom stereocenters. The van der Waals surface area contributed by atoms with E-state index in [9.17, 15) is 4.79 Å². The largest absolute Gasteiger partial charge is 0.362 e. The van der Waals surface area contributed by atoms with Crippen LogP contribution in [0.2, 0.25) is 0 Å². The van der Waals surface area contributed by atoms with Crippen LogP contribution in [-0.2, 0) is 16.1 Å². The van der Waals surface area contributed by atoms with Crippen molar-refractivity contribution in [1.82, 2.24) is 19.4 Å². The molecule has 2 aromatic rings. The molecule has 4 rings (SSSR count). The zero-order chi connectivity index (χ0) is 19.0. The highest BCUT2D eigenvalue weighted by atomic mass is 16.5. The number of fused-ring (bicyclic) bond motifs is 1. The van der Waals surface area contributed by atoms with Gasteiger partial charge in [-0.2, -0.15) is 0 Å². The van der Waals surface area contributed by atoms with E-state index in [0.717, 1.165) is 24.4 Å². The van der Waals surface area contributed by atoms with Crippen LogP contribution in [0.1, 0.15) is 32.1 Å². The van der Waals surface area contributed by atoms with Gasteiger partial charge in [-0.1, -0.05) is 24.3 Å². The highest BCUT2D eigenvalue weighted by molar-refractivity contribution is 5.86. The Hall–Kier alpha value is -2.18. The van der Waals surface area contributed by atoms with Crippen LogP contribution >= 0.6 is 0 Å². The Kier molecular flexibility index (Phi) is 4.78. The molecule has 1 amide bonds. The average molecular weight is 368 g/mol. The Morgan fingerprint density at radius 1 is 1.26 bits per heavy atom. The van der Waals surface area contributed by atoms with E-state index >= 15 is 0 Å². The summed E-state index contributed by atoms with van der Waals surface area (Å²) in [5.74, 6) is 1.13. The van der Waals surface area contributed by atoms with Gasteiger partial charge < -0.3 is 14.2 Å². The van der Waals surface area contributed by atoms with Gasteiger partial charge in [-0.3, -0.25) is 9.69 Å². The molecule has 144 valence electrons. The van der Waals surface area contributed by atoms with Gasteiger partial charge in [0.2, 0.25) is 0 Å². The monoisotopic (exact) mass is 368 g/mol. The third-order valence-corrected chi connectivity index (χ3v) is 5.55. The van der Waals surface area contributed by atoms with Crippen molar-refractivity contribution < 1.29 is 9.53 Å². The Morgan fingerprint density at radius 3 is 2.89 bits per heavy atom. The van der Waals surface area contributed by atoms with Crippen molar-refractivity contribution in [3.05, 3.63) is 42.2 Å². The maximum atomic E-state index is 12.9. The van der Waals surface area contributed by atoms with Crippen molar-refractivity contribution in [3.8, 4) is 0 Å². The number of amides is 1. The molecular weight excluding hydrogens is 340 g/mol. The van der Waals surface area contributed by atoms with Gasteiger partial charge in [0, 0.05) is 39.1 Å². The molecule has 2 aliphatic rings. The Bertz CT molecular complexity index is 872. The van der Waals surface area contributed by atoms with Gasteiger partial charge in [0.15, 0.2) is 5.60 Å². The SMILES string of the molecule is CC(C)n1c(CN2CCO[C@]3(CC=CCN(C)C3=O)C2)nc2ccccc21. The minimum Gasteiger partial charge on any atom is -0.362 e. The number of carbonyl (C=O) groups is 1. The second-order valence-corrected chi connectivity index (χ2v) is 7.90. The van der Waals surface area contributed by atoms with Gasteiger partial charge in [0.05, 0.1) is 24.2 Å². The van der Waals surface area contributed by atoms with Crippen LogP contribution < -0.4 is 0 Å². The number of aromatic nitrogens is 2. The topological polar surface area (TPSA) is 50.6 Å². The molecule has 1 aromatic heterocycles. The molecule has 0 unspecified atom stereocenters. The number of likely N-dealkylation sites (N-methyl/N-ethyl adjacent to an activating group) is 1. The normalized spacial score (nSPS) is 24.3. The maximum Gasteiger partial charge on any atom is 0.256 e. The first-order chi connectivity index (χ1) is 13.0. The van der Waals surface area contributed by atoms with Crippen molar-refractivity contribution in [1.29, 1.82) is 0 Å². The number of hydrogen-bond acceptors (Lipinski definition) is 4. The van der Waals surface area contributed by atoms with Crippen LogP contribution in [0.15, 0.2) is 36.4 Å². The van der Waals surface area contributed by atoms with Crippen LogP contribution in [0.5, 0.6) is 0 Å². The molecule has 0 N–H and O–H groups in total. The summed E-state index contributed by atoms with van der Waals surface area (Å²) in [5.41, 5.74) is 1.42. The summed E-state index contributed by atoms with van der Waals surface area (Å²) in [6, 6.07) is 8.60. The lowest BCUT2D eigenvalue weighted by atomic mass is 9.95. The molecule has 27 heavy (non-hydrogen) atoms. The molecule has 6 nitrogen and oxygen atoms in total. The van der Waals surface area contributed by atoms with E-state index in [1.165, 1.54) is 5.52 Å². The van der Waals surface area contributed by atoms with Crippen LogP contribution in [-0.4, -0.2) is 64.1 Å². The second-order valence-electron chi connectivity index (χ2n) is 7.90. The highest BCUT2D eigenvalue weighted by Gasteiger charge is 2.45. The molecule has 1 saturated heterocycles. The number of benzene rings is 1. The van der Waals surface area contributed by atoms with Gasteiger partial charge >= 0.3 is 0 Å². The highest BCUT2D eigenvalue weighted by Crippen LogP contribution is 2.29. The van der Waals surface area contributed by atoms with E-state index in [4.69, 9.17) is 9.72 Å². The molecule has 3 heterocycles. The molecule has 1 spiro atoms. The zero-order valence-corrected chi connectivity index (χ0v) is 16.4. The van der Waals surface area contributed by atoms with E-state index < -0.39 is 5.60 Å². The summed E-state index contributed by atoms with van der Waals surface area (Å²) in [5, 5.41) is 0. The quantitative estimate of drug-likeness (QED) is 0.782. The van der Waals surface area contributed by atoms with Crippen LogP contribution in [0, 0.1) is 0 Å². The first-order valence-electron chi connectivity index (χ1n) is 9.73. The third kappa shape index (κ3) is 3.28. The van der Waals surface area contributed by atoms with E-state index in [2.05, 4.69) is 47.6 Å². The lowest BCUT2D eigenvalue weighted by molar-refractivity contribution is -0.168. The molecule has 0 bridgehead atoms. The van der Waals surface area contributed by atoms with Gasteiger partial charge in [0.25, 0.3) is 5.91 Å². The fourth-order valence-corrected chi connectivity index (χ4v) is 4.25. The van der Waals surface area contributed by atoms with E-state index in [-0.39, 0.29) is 5.91 Å². The van der Waals surface area contributed by atoms with Crippen molar-refractivity contribution in [3.63, 3.8) is 0 Å². The number of ether oxygens (including phenoxy) is 1. The van der Waals surface area contributed by atoms with Crippen LogP contribution in [0.25, 0.3) is 11.0 Å². The predicted octanol–water partition coefficient (Wildman–Crippen LogP) is 2.61. The summed E-state index contributed by atoms with van der Waals surface area (Å²) >= 11 is 0. The third-order valence-electron chi connectivity index (χ3n) is 5.55. The van der Waals surface area contributed by atoms with Gasteiger partial charge in [0.1, 0.15) is 5.82 Å². The van der Waals surface area contributed by atoms with Crippen molar-refractivity contribution >= 4 is 16.9 Å². The fraction of sp³-hybridized carbons (Fsp3) is 0.524. The van der Waals surface area contributed by atoms with E-state index in [1.807, 2.05) is 19.2 Å².